The number of benzene rings is 2. The number of amides is 3. The number of ether oxygens (including phenoxy) is 2. The summed E-state index contributed by atoms with van der Waals surface area (Å²) in [5.41, 5.74) is 3.58. The molecule has 2 saturated heterocycles. The van der Waals surface area contributed by atoms with Crippen molar-refractivity contribution in [1.29, 1.82) is 0 Å². The highest BCUT2D eigenvalue weighted by Crippen LogP contribution is 2.47. The van der Waals surface area contributed by atoms with Crippen LogP contribution in [-0.2, 0) is 13.0 Å². The molecule has 0 N–H and O–H groups in total. The molecule has 1 spiro atoms. The second-order valence-corrected chi connectivity index (χ2v) is 10.0. The van der Waals surface area contributed by atoms with Gasteiger partial charge in [0.15, 0.2) is 0 Å². The van der Waals surface area contributed by atoms with Crippen LogP contribution >= 0.6 is 0 Å². The van der Waals surface area contributed by atoms with Gasteiger partial charge < -0.3 is 19.3 Å². The molecule has 5 rings (SSSR count). The first-order chi connectivity index (χ1) is 17.4. The van der Waals surface area contributed by atoms with E-state index in [9.17, 15) is 9.59 Å². The zero-order chi connectivity index (χ0) is 25.4. The van der Waals surface area contributed by atoms with Crippen LogP contribution in [0.15, 0.2) is 54.2 Å². The summed E-state index contributed by atoms with van der Waals surface area (Å²) in [5.74, 6) is 1.80. The number of hydrogen-bond donors (Lipinski definition) is 0. The van der Waals surface area contributed by atoms with Crippen molar-refractivity contribution in [2.75, 3.05) is 33.9 Å². The van der Waals surface area contributed by atoms with Gasteiger partial charge in [0.2, 0.25) is 0 Å². The van der Waals surface area contributed by atoms with E-state index >= 15 is 0 Å². The number of rotatable bonds is 4. The van der Waals surface area contributed by atoms with Crippen LogP contribution in [0.1, 0.15) is 48.2 Å². The fourth-order valence-corrected chi connectivity index (χ4v) is 6.19. The van der Waals surface area contributed by atoms with Crippen LogP contribution in [0.2, 0.25) is 0 Å². The maximum Gasteiger partial charge on any atom is 0.325 e. The van der Waals surface area contributed by atoms with E-state index in [-0.39, 0.29) is 17.9 Å². The Hall–Kier alpha value is -3.48. The molecular formula is C29H35N3O4. The van der Waals surface area contributed by atoms with Crippen molar-refractivity contribution in [3.8, 4) is 11.5 Å². The number of piperidine rings is 1. The Bertz CT molecular complexity index is 1180. The number of nitrogens with zero attached hydrogens (tertiary/aromatic N) is 3. The third-order valence-corrected chi connectivity index (χ3v) is 7.99. The van der Waals surface area contributed by atoms with Gasteiger partial charge in [-0.2, -0.15) is 0 Å². The fraction of sp³-hybridized carbons (Fsp3) is 0.448. The van der Waals surface area contributed by atoms with Crippen molar-refractivity contribution in [3.05, 3.63) is 70.9 Å². The van der Waals surface area contributed by atoms with E-state index in [1.54, 1.807) is 14.2 Å². The number of likely N-dealkylation sites (tertiary alicyclic amines) is 1. The molecule has 190 valence electrons. The average molecular weight is 490 g/mol. The lowest BCUT2D eigenvalue weighted by atomic mass is 9.80. The molecule has 3 heterocycles. The first-order valence-electron chi connectivity index (χ1n) is 12.8. The van der Waals surface area contributed by atoms with E-state index in [0.29, 0.717) is 31.7 Å². The lowest BCUT2D eigenvalue weighted by Gasteiger charge is -2.44. The minimum atomic E-state index is -0.395. The molecule has 3 aliphatic heterocycles. The molecule has 2 aromatic rings. The SMILES string of the molecule is CCN1C(=O)N2Cc3cc(OC)cc(OC)c3C[C@@H](C)/C=C\2C12CCN(C(=O)c1ccccc1)CC2. The van der Waals surface area contributed by atoms with Gasteiger partial charge in [-0.05, 0) is 61.4 Å². The Kier molecular flexibility index (Phi) is 6.41. The molecule has 36 heavy (non-hydrogen) atoms. The Morgan fingerprint density at radius 3 is 2.44 bits per heavy atom. The molecule has 0 radical (unpaired) electrons. The van der Waals surface area contributed by atoms with Gasteiger partial charge >= 0.3 is 6.03 Å². The molecule has 3 amide bonds. The number of methoxy groups -OCH3 is 2. The highest BCUT2D eigenvalue weighted by Gasteiger charge is 2.54. The van der Waals surface area contributed by atoms with Crippen LogP contribution in [0, 0.1) is 5.92 Å². The second kappa shape index (κ2) is 9.52. The second-order valence-electron chi connectivity index (χ2n) is 10.0. The van der Waals surface area contributed by atoms with Crippen LogP contribution in [0.5, 0.6) is 11.5 Å². The molecule has 0 aromatic heterocycles. The van der Waals surface area contributed by atoms with Crippen molar-refractivity contribution in [1.82, 2.24) is 14.7 Å². The molecule has 0 aliphatic carbocycles. The minimum Gasteiger partial charge on any atom is -0.497 e. The zero-order valence-corrected chi connectivity index (χ0v) is 21.6. The van der Waals surface area contributed by atoms with Crippen molar-refractivity contribution in [2.45, 2.75) is 45.2 Å². The van der Waals surface area contributed by atoms with Gasteiger partial charge in [-0.3, -0.25) is 9.69 Å². The van der Waals surface area contributed by atoms with E-state index in [4.69, 9.17) is 9.47 Å². The first kappa shape index (κ1) is 24.2. The molecule has 7 nitrogen and oxygen atoms in total. The number of likely N-dealkylation sites (N-methyl/N-ethyl adjacent to an activating group) is 1. The third-order valence-electron chi connectivity index (χ3n) is 7.99. The molecule has 0 unspecified atom stereocenters. The molecule has 1 atom stereocenters. The van der Waals surface area contributed by atoms with E-state index in [2.05, 4.69) is 13.0 Å². The molecule has 2 aromatic carbocycles. The predicted molar refractivity (Wildman–Crippen MR) is 138 cm³/mol. The topological polar surface area (TPSA) is 62.3 Å². The maximum atomic E-state index is 13.8. The summed E-state index contributed by atoms with van der Waals surface area (Å²) in [5, 5.41) is 0. The Labute approximate surface area is 213 Å². The summed E-state index contributed by atoms with van der Waals surface area (Å²) < 4.78 is 11.2. The molecule has 0 saturated carbocycles. The zero-order valence-electron chi connectivity index (χ0n) is 21.6. The van der Waals surface area contributed by atoms with Gasteiger partial charge in [-0.25, -0.2) is 4.79 Å². The maximum absolute atomic E-state index is 13.8. The summed E-state index contributed by atoms with van der Waals surface area (Å²) >= 11 is 0. The van der Waals surface area contributed by atoms with Crippen LogP contribution in [0.4, 0.5) is 4.79 Å². The van der Waals surface area contributed by atoms with Gasteiger partial charge in [-0.15, -0.1) is 0 Å². The quantitative estimate of drug-likeness (QED) is 0.624. The summed E-state index contributed by atoms with van der Waals surface area (Å²) in [6, 6.07) is 13.4. The average Bonchev–Trinajstić information content (AvgIpc) is 3.09. The Morgan fingerprint density at radius 2 is 1.81 bits per heavy atom. The summed E-state index contributed by atoms with van der Waals surface area (Å²) in [4.78, 5) is 32.9. The lowest BCUT2D eigenvalue weighted by Crippen LogP contribution is -2.54. The lowest BCUT2D eigenvalue weighted by molar-refractivity contribution is 0.0575. The van der Waals surface area contributed by atoms with Crippen molar-refractivity contribution in [2.24, 2.45) is 5.92 Å². The predicted octanol–water partition coefficient (Wildman–Crippen LogP) is 4.71. The van der Waals surface area contributed by atoms with Gasteiger partial charge in [0.25, 0.3) is 5.91 Å². The van der Waals surface area contributed by atoms with Crippen LogP contribution in [0.3, 0.4) is 0 Å². The molecule has 0 bridgehead atoms. The monoisotopic (exact) mass is 489 g/mol. The van der Waals surface area contributed by atoms with Crippen LogP contribution in [0.25, 0.3) is 0 Å². The van der Waals surface area contributed by atoms with Gasteiger partial charge in [0.05, 0.1) is 26.3 Å². The number of carbonyl (C=O) groups is 2. The van der Waals surface area contributed by atoms with E-state index in [0.717, 1.165) is 47.6 Å². The van der Waals surface area contributed by atoms with Gasteiger partial charge in [-0.1, -0.05) is 31.2 Å². The largest absolute Gasteiger partial charge is 0.497 e. The van der Waals surface area contributed by atoms with E-state index in [1.165, 1.54) is 0 Å². The summed E-state index contributed by atoms with van der Waals surface area (Å²) in [6.45, 7) is 6.59. The van der Waals surface area contributed by atoms with E-state index < -0.39 is 5.54 Å². The highest BCUT2D eigenvalue weighted by atomic mass is 16.5. The van der Waals surface area contributed by atoms with Gasteiger partial charge in [0.1, 0.15) is 11.5 Å². The van der Waals surface area contributed by atoms with Gasteiger partial charge in [0, 0.05) is 37.0 Å². The third kappa shape index (κ3) is 3.91. The molecule has 2 fully saturated rings. The van der Waals surface area contributed by atoms with Crippen molar-refractivity contribution >= 4 is 11.9 Å². The fourth-order valence-electron chi connectivity index (χ4n) is 6.19. The number of allylic oxidation sites excluding steroid dienone is 1. The number of fused-ring (bicyclic) bond motifs is 3. The first-order valence-corrected chi connectivity index (χ1v) is 12.8. The number of hydrogen-bond acceptors (Lipinski definition) is 4. The number of carbonyl (C=O) groups excluding carboxylic acids is 2. The molecular weight excluding hydrogens is 454 g/mol. The highest BCUT2D eigenvalue weighted by molar-refractivity contribution is 5.94. The van der Waals surface area contributed by atoms with Crippen molar-refractivity contribution < 1.29 is 19.1 Å². The molecule has 7 heteroatoms. The van der Waals surface area contributed by atoms with Crippen LogP contribution < -0.4 is 9.47 Å². The minimum absolute atomic E-state index is 0.0356. The smallest absolute Gasteiger partial charge is 0.325 e. The normalized spacial score (nSPS) is 22.3. The number of urea groups is 1. The standard InChI is InChI=1S/C29H35N3O4/c1-5-32-28(34)31-19-22-17-23(35-3)18-25(36-4)24(22)15-20(2)16-26(31)29(32)11-13-30(14-12-29)27(33)21-9-7-6-8-10-21/h6-10,16-18,20H,5,11-15,19H2,1-4H3/b26-16-/t20-/m1/s1. The van der Waals surface area contributed by atoms with Crippen LogP contribution in [-0.4, -0.2) is 66.0 Å². The summed E-state index contributed by atoms with van der Waals surface area (Å²) in [7, 11) is 3.33. The molecule has 3 aliphatic rings. The van der Waals surface area contributed by atoms with E-state index in [1.807, 2.05) is 64.1 Å². The Morgan fingerprint density at radius 1 is 1.08 bits per heavy atom. The van der Waals surface area contributed by atoms with Crippen molar-refractivity contribution in [3.63, 3.8) is 0 Å². The summed E-state index contributed by atoms with van der Waals surface area (Å²) in [6.07, 6.45) is 4.58. The Balaban J connectivity index is 1.48.